The minimum atomic E-state index is 0.111. The van der Waals surface area contributed by atoms with Crippen LogP contribution in [-0.2, 0) is 11.3 Å². The smallest absolute Gasteiger partial charge is 0.226 e. The van der Waals surface area contributed by atoms with Gasteiger partial charge in [0, 0.05) is 45.2 Å². The first kappa shape index (κ1) is 20.2. The number of para-hydroxylation sites is 1. The Morgan fingerprint density at radius 2 is 1.97 bits per heavy atom. The molecule has 1 fully saturated rings. The van der Waals surface area contributed by atoms with Gasteiger partial charge in [0.15, 0.2) is 0 Å². The van der Waals surface area contributed by atoms with E-state index in [0.717, 1.165) is 54.6 Å². The number of hydrogen-bond acceptors (Lipinski definition) is 5. The Kier molecular flexibility index (Phi) is 5.86. The Morgan fingerprint density at radius 3 is 2.73 bits per heavy atom. The highest BCUT2D eigenvalue weighted by Gasteiger charge is 2.28. The van der Waals surface area contributed by atoms with Gasteiger partial charge in [-0.05, 0) is 43.7 Å². The quantitative estimate of drug-likeness (QED) is 0.605. The molecule has 1 saturated heterocycles. The molecule has 1 aliphatic rings. The fourth-order valence-corrected chi connectivity index (χ4v) is 3.76. The summed E-state index contributed by atoms with van der Waals surface area (Å²) < 4.78 is 11.9. The number of oxazole rings is 1. The molecule has 0 aliphatic carbocycles. The normalized spacial score (nSPS) is 16.6. The van der Waals surface area contributed by atoms with E-state index in [0.29, 0.717) is 5.89 Å². The molecular weight excluding hydrogens is 378 g/mol. The lowest BCUT2D eigenvalue weighted by molar-refractivity contribution is -0.129. The van der Waals surface area contributed by atoms with Gasteiger partial charge in [0.05, 0.1) is 5.69 Å². The number of likely N-dealkylation sites (tertiary alicyclic amines) is 1. The largest absolute Gasteiger partial charge is 0.457 e. The van der Waals surface area contributed by atoms with Crippen molar-refractivity contribution >= 4 is 5.91 Å². The number of aryl methyl sites for hydroxylation is 1. The molecule has 6 nitrogen and oxygen atoms in total. The molecule has 3 aromatic rings. The number of rotatable bonds is 6. The monoisotopic (exact) mass is 405 g/mol. The zero-order valence-electron chi connectivity index (χ0n) is 17.7. The van der Waals surface area contributed by atoms with Crippen LogP contribution in [0.2, 0.25) is 0 Å². The Morgan fingerprint density at radius 1 is 1.20 bits per heavy atom. The maximum Gasteiger partial charge on any atom is 0.226 e. The van der Waals surface area contributed by atoms with Crippen LogP contribution in [-0.4, -0.2) is 46.9 Å². The molecule has 30 heavy (non-hydrogen) atoms. The number of aromatic nitrogens is 1. The Bertz CT molecular complexity index is 1020. The van der Waals surface area contributed by atoms with Crippen molar-refractivity contribution in [2.75, 3.05) is 20.1 Å². The van der Waals surface area contributed by atoms with Crippen LogP contribution in [0.15, 0.2) is 59.0 Å². The summed E-state index contributed by atoms with van der Waals surface area (Å²) in [5.74, 6) is 3.06. The Balaban J connectivity index is 1.45. The molecule has 0 N–H and O–H groups in total. The lowest BCUT2D eigenvalue weighted by Crippen LogP contribution is -2.37. The first-order chi connectivity index (χ1) is 14.5. The number of likely N-dealkylation sites (N-methyl/N-ethyl adjacent to an activating group) is 1. The van der Waals surface area contributed by atoms with Gasteiger partial charge in [0.25, 0.3) is 0 Å². The molecule has 6 heteroatoms. The highest BCUT2D eigenvalue weighted by Crippen LogP contribution is 2.29. The summed E-state index contributed by atoms with van der Waals surface area (Å²) in [6.45, 7) is 6.10. The molecule has 0 spiro atoms. The topological polar surface area (TPSA) is 58.8 Å². The summed E-state index contributed by atoms with van der Waals surface area (Å²) in [5, 5.41) is 0. The predicted molar refractivity (Wildman–Crippen MR) is 115 cm³/mol. The lowest BCUT2D eigenvalue weighted by Gasteiger charge is -2.23. The van der Waals surface area contributed by atoms with E-state index in [1.165, 1.54) is 0 Å². The van der Waals surface area contributed by atoms with Crippen molar-refractivity contribution in [2.45, 2.75) is 32.9 Å². The number of amides is 1. The molecule has 0 bridgehead atoms. The van der Waals surface area contributed by atoms with E-state index in [-0.39, 0.29) is 11.9 Å². The summed E-state index contributed by atoms with van der Waals surface area (Å²) in [6, 6.07) is 17.7. The highest BCUT2D eigenvalue weighted by atomic mass is 16.5. The molecule has 1 atom stereocenters. The van der Waals surface area contributed by atoms with Gasteiger partial charge in [-0.15, -0.1) is 0 Å². The van der Waals surface area contributed by atoms with E-state index in [1.54, 1.807) is 6.92 Å². The maximum absolute atomic E-state index is 11.6. The standard InChI is InChI=1S/C24H27N3O3/c1-17-23(16-27-13-12-20(15-27)26(3)18(2)28)25-24(29-17)19-8-7-11-22(14-19)30-21-9-5-4-6-10-21/h4-11,14,20H,12-13,15-16H2,1-3H3/t20-/m0/s1. The summed E-state index contributed by atoms with van der Waals surface area (Å²) in [4.78, 5) is 20.5. The molecule has 156 valence electrons. The van der Waals surface area contributed by atoms with Crippen molar-refractivity contribution in [2.24, 2.45) is 0 Å². The van der Waals surface area contributed by atoms with Crippen molar-refractivity contribution in [3.8, 4) is 23.0 Å². The average molecular weight is 405 g/mol. The van der Waals surface area contributed by atoms with Crippen LogP contribution in [0.5, 0.6) is 11.5 Å². The van der Waals surface area contributed by atoms with Crippen molar-refractivity contribution < 1.29 is 13.9 Å². The second-order valence-electron chi connectivity index (χ2n) is 7.77. The van der Waals surface area contributed by atoms with Gasteiger partial charge >= 0.3 is 0 Å². The molecule has 0 radical (unpaired) electrons. The summed E-state index contributed by atoms with van der Waals surface area (Å²) >= 11 is 0. The molecule has 1 amide bonds. The van der Waals surface area contributed by atoms with Crippen LogP contribution in [0.3, 0.4) is 0 Å². The first-order valence-corrected chi connectivity index (χ1v) is 10.2. The molecule has 4 rings (SSSR count). The summed E-state index contributed by atoms with van der Waals surface area (Å²) in [6.07, 6.45) is 0.985. The third-order valence-electron chi connectivity index (χ3n) is 5.62. The lowest BCUT2D eigenvalue weighted by atomic mass is 10.2. The van der Waals surface area contributed by atoms with Crippen LogP contribution in [0.25, 0.3) is 11.5 Å². The number of ether oxygens (including phenoxy) is 1. The third-order valence-corrected chi connectivity index (χ3v) is 5.62. The van der Waals surface area contributed by atoms with E-state index >= 15 is 0 Å². The molecule has 2 aromatic carbocycles. The van der Waals surface area contributed by atoms with E-state index in [2.05, 4.69) is 4.90 Å². The Hall–Kier alpha value is -3.12. The summed E-state index contributed by atoms with van der Waals surface area (Å²) in [7, 11) is 1.88. The zero-order chi connectivity index (χ0) is 21.1. The average Bonchev–Trinajstić information content (AvgIpc) is 3.35. The first-order valence-electron chi connectivity index (χ1n) is 10.2. The molecular formula is C24H27N3O3. The third kappa shape index (κ3) is 4.54. The number of carbonyl (C=O) groups is 1. The van der Waals surface area contributed by atoms with E-state index in [1.807, 2.05) is 73.5 Å². The van der Waals surface area contributed by atoms with E-state index < -0.39 is 0 Å². The molecule has 0 saturated carbocycles. The van der Waals surface area contributed by atoms with Gasteiger partial charge in [-0.25, -0.2) is 4.98 Å². The van der Waals surface area contributed by atoms with E-state index in [4.69, 9.17) is 14.1 Å². The number of nitrogens with zero attached hydrogens (tertiary/aromatic N) is 3. The van der Waals surface area contributed by atoms with Crippen LogP contribution >= 0.6 is 0 Å². The molecule has 2 heterocycles. The number of hydrogen-bond donors (Lipinski definition) is 0. The Labute approximate surface area is 177 Å². The summed E-state index contributed by atoms with van der Waals surface area (Å²) in [5.41, 5.74) is 1.82. The zero-order valence-corrected chi connectivity index (χ0v) is 17.7. The molecule has 1 aliphatic heterocycles. The highest BCUT2D eigenvalue weighted by molar-refractivity contribution is 5.73. The minimum absolute atomic E-state index is 0.111. The van der Waals surface area contributed by atoms with Gasteiger partial charge in [-0.3, -0.25) is 9.69 Å². The van der Waals surface area contributed by atoms with Gasteiger partial charge in [-0.1, -0.05) is 24.3 Å². The maximum atomic E-state index is 11.6. The fourth-order valence-electron chi connectivity index (χ4n) is 3.76. The fraction of sp³-hybridized carbons (Fsp3) is 0.333. The van der Waals surface area contributed by atoms with Crippen molar-refractivity contribution in [1.29, 1.82) is 0 Å². The predicted octanol–water partition coefficient (Wildman–Crippen LogP) is 4.49. The SMILES string of the molecule is CC(=O)N(C)[C@H]1CCN(Cc2nc(-c3cccc(Oc4ccccc4)c3)oc2C)C1. The van der Waals surface area contributed by atoms with Crippen LogP contribution in [0.4, 0.5) is 0 Å². The van der Waals surface area contributed by atoms with Gasteiger partial charge < -0.3 is 14.1 Å². The van der Waals surface area contributed by atoms with Gasteiger partial charge in [0.2, 0.25) is 11.8 Å². The van der Waals surface area contributed by atoms with Crippen LogP contribution in [0, 0.1) is 6.92 Å². The molecule has 0 unspecified atom stereocenters. The van der Waals surface area contributed by atoms with Crippen molar-refractivity contribution in [3.63, 3.8) is 0 Å². The minimum Gasteiger partial charge on any atom is -0.457 e. The van der Waals surface area contributed by atoms with Crippen molar-refractivity contribution in [1.82, 2.24) is 14.8 Å². The van der Waals surface area contributed by atoms with Crippen molar-refractivity contribution in [3.05, 3.63) is 66.1 Å². The number of carbonyl (C=O) groups excluding carboxylic acids is 1. The molecule has 1 aromatic heterocycles. The van der Waals surface area contributed by atoms with Crippen LogP contribution in [0.1, 0.15) is 24.8 Å². The second-order valence-corrected chi connectivity index (χ2v) is 7.77. The van der Waals surface area contributed by atoms with Gasteiger partial charge in [0.1, 0.15) is 17.3 Å². The number of benzene rings is 2. The second kappa shape index (κ2) is 8.71. The van der Waals surface area contributed by atoms with Crippen LogP contribution < -0.4 is 4.74 Å². The van der Waals surface area contributed by atoms with Gasteiger partial charge in [-0.2, -0.15) is 0 Å². The van der Waals surface area contributed by atoms with E-state index in [9.17, 15) is 4.79 Å².